The molecule has 3 aliphatic heterocycles. The largest absolute Gasteiger partial charge is 0.494 e. The second-order valence-electron chi connectivity index (χ2n) is 10.8. The first kappa shape index (κ1) is 30.2. The van der Waals surface area contributed by atoms with Gasteiger partial charge in [-0.05, 0) is 75.4 Å². The van der Waals surface area contributed by atoms with Crippen LogP contribution in [0.15, 0.2) is 42.5 Å². The SMILES string of the molecule is CCOc1ccc(NC(=O)[C@H]2[C@@H]3SC4(CC3Br)C(C(=O)Nc3c(C)cccc3Cl)N(CCCCCO)C(=O)[C@H]24)cc1. The summed E-state index contributed by atoms with van der Waals surface area (Å²) in [5.41, 5.74) is 1.98. The minimum Gasteiger partial charge on any atom is -0.494 e. The van der Waals surface area contributed by atoms with Gasteiger partial charge in [0.05, 0.1) is 33.9 Å². The summed E-state index contributed by atoms with van der Waals surface area (Å²) in [5.74, 6) is -1.19. The van der Waals surface area contributed by atoms with Gasteiger partial charge < -0.3 is 25.4 Å². The van der Waals surface area contributed by atoms with Crippen LogP contribution in [0.4, 0.5) is 11.4 Å². The zero-order valence-electron chi connectivity index (χ0n) is 23.1. The quantitative estimate of drug-likeness (QED) is 0.224. The number of nitrogens with zero attached hydrogens (tertiary/aromatic N) is 1. The molecular weight excluding hydrogens is 630 g/mol. The first-order valence-electron chi connectivity index (χ1n) is 14.0. The number of hydrogen-bond acceptors (Lipinski definition) is 6. The number of aliphatic hydroxyl groups excluding tert-OH is 1. The minimum atomic E-state index is -0.761. The fourth-order valence-corrected chi connectivity index (χ4v) is 10.4. The van der Waals surface area contributed by atoms with Gasteiger partial charge in [-0.2, -0.15) is 0 Å². The predicted molar refractivity (Wildman–Crippen MR) is 166 cm³/mol. The smallest absolute Gasteiger partial charge is 0.248 e. The van der Waals surface area contributed by atoms with Crippen LogP contribution in [0.2, 0.25) is 5.02 Å². The molecule has 3 aliphatic rings. The topological polar surface area (TPSA) is 108 Å². The summed E-state index contributed by atoms with van der Waals surface area (Å²) in [4.78, 5) is 43.7. The number of hydrogen-bond donors (Lipinski definition) is 3. The van der Waals surface area contributed by atoms with Crippen molar-refractivity contribution in [3.05, 3.63) is 53.1 Å². The van der Waals surface area contributed by atoms with Gasteiger partial charge in [0.2, 0.25) is 17.7 Å². The lowest BCUT2D eigenvalue weighted by Crippen LogP contribution is -2.52. The van der Waals surface area contributed by atoms with Crippen LogP contribution < -0.4 is 15.4 Å². The molecule has 220 valence electrons. The first-order chi connectivity index (χ1) is 19.7. The Hall–Kier alpha value is -2.27. The maximum absolute atomic E-state index is 14.2. The minimum absolute atomic E-state index is 0.0284. The highest BCUT2D eigenvalue weighted by Crippen LogP contribution is 2.67. The zero-order valence-corrected chi connectivity index (χ0v) is 26.2. The molecule has 0 aliphatic carbocycles. The lowest BCUT2D eigenvalue weighted by molar-refractivity contribution is -0.138. The molecule has 2 aromatic carbocycles. The molecule has 0 saturated carbocycles. The normalized spacial score (nSPS) is 28.1. The number of benzene rings is 2. The van der Waals surface area contributed by atoms with Crippen molar-refractivity contribution in [2.45, 2.75) is 60.4 Å². The van der Waals surface area contributed by atoms with E-state index < -0.39 is 22.6 Å². The van der Waals surface area contributed by atoms with E-state index in [0.29, 0.717) is 54.6 Å². The van der Waals surface area contributed by atoms with Gasteiger partial charge in [-0.25, -0.2) is 0 Å². The Morgan fingerprint density at radius 1 is 1.15 bits per heavy atom. The number of rotatable bonds is 11. The van der Waals surface area contributed by atoms with E-state index in [0.717, 1.165) is 12.0 Å². The molecule has 3 amide bonds. The third-order valence-corrected chi connectivity index (χ3v) is 11.8. The van der Waals surface area contributed by atoms with Crippen LogP contribution in [0.5, 0.6) is 5.75 Å². The molecule has 6 atom stereocenters. The number of halogens is 2. The average Bonchev–Trinajstić information content (AvgIpc) is 3.53. The third-order valence-electron chi connectivity index (χ3n) is 8.30. The van der Waals surface area contributed by atoms with E-state index in [-0.39, 0.29) is 34.4 Å². The van der Waals surface area contributed by atoms with Crippen LogP contribution in [-0.2, 0) is 14.4 Å². The van der Waals surface area contributed by atoms with Crippen molar-refractivity contribution in [1.29, 1.82) is 0 Å². The van der Waals surface area contributed by atoms with Crippen molar-refractivity contribution < 1.29 is 24.2 Å². The Kier molecular flexibility index (Phi) is 9.23. The molecule has 2 bridgehead atoms. The fraction of sp³-hybridized carbons (Fsp3) is 0.500. The number of amides is 3. The van der Waals surface area contributed by atoms with Crippen LogP contribution in [0.3, 0.4) is 0 Å². The molecule has 3 N–H and O–H groups in total. The summed E-state index contributed by atoms with van der Waals surface area (Å²) in [6.07, 6.45) is 2.60. The lowest BCUT2D eigenvalue weighted by atomic mass is 9.70. The van der Waals surface area contributed by atoms with E-state index in [9.17, 15) is 19.5 Å². The van der Waals surface area contributed by atoms with Gasteiger partial charge in [0.25, 0.3) is 0 Å². The molecule has 1 spiro atoms. The third kappa shape index (κ3) is 5.60. The summed E-state index contributed by atoms with van der Waals surface area (Å²) in [6, 6.07) is 11.8. The molecule has 8 nitrogen and oxygen atoms in total. The fourth-order valence-electron chi connectivity index (χ4n) is 6.55. The molecule has 3 heterocycles. The second-order valence-corrected chi connectivity index (χ2v) is 14.0. The molecule has 3 unspecified atom stereocenters. The number of likely N-dealkylation sites (tertiary alicyclic amines) is 1. The van der Waals surface area contributed by atoms with Crippen molar-refractivity contribution in [2.75, 3.05) is 30.4 Å². The Morgan fingerprint density at radius 3 is 2.59 bits per heavy atom. The molecule has 11 heteroatoms. The van der Waals surface area contributed by atoms with Crippen LogP contribution in [0, 0.1) is 18.8 Å². The monoisotopic (exact) mass is 663 g/mol. The number of alkyl halides is 1. The Morgan fingerprint density at radius 2 is 1.90 bits per heavy atom. The molecule has 0 radical (unpaired) electrons. The van der Waals surface area contributed by atoms with E-state index >= 15 is 0 Å². The number of thioether (sulfide) groups is 1. The number of carbonyl (C=O) groups excluding carboxylic acids is 3. The Bertz CT molecular complexity index is 1290. The summed E-state index contributed by atoms with van der Waals surface area (Å²) in [5, 5.41) is 15.6. The number of carbonyl (C=O) groups is 3. The zero-order chi connectivity index (χ0) is 29.3. The molecular formula is C30H35BrClN3O5S. The number of aryl methyl sites for hydroxylation is 1. The van der Waals surface area contributed by atoms with Gasteiger partial charge >= 0.3 is 0 Å². The number of unbranched alkanes of at least 4 members (excludes halogenated alkanes) is 2. The van der Waals surface area contributed by atoms with Crippen LogP contribution in [0.25, 0.3) is 0 Å². The maximum atomic E-state index is 14.2. The van der Waals surface area contributed by atoms with E-state index in [2.05, 4.69) is 26.6 Å². The van der Waals surface area contributed by atoms with E-state index in [4.69, 9.17) is 16.3 Å². The van der Waals surface area contributed by atoms with Gasteiger partial charge in [-0.15, -0.1) is 11.8 Å². The summed E-state index contributed by atoms with van der Waals surface area (Å²) < 4.78 is 4.75. The first-order valence-corrected chi connectivity index (χ1v) is 16.2. The highest BCUT2D eigenvalue weighted by Gasteiger charge is 2.75. The number of aliphatic hydroxyl groups is 1. The number of ether oxygens (including phenoxy) is 1. The van der Waals surface area contributed by atoms with Crippen molar-refractivity contribution >= 4 is 68.4 Å². The van der Waals surface area contributed by atoms with Gasteiger partial charge in [-0.3, -0.25) is 14.4 Å². The molecule has 5 rings (SSSR count). The number of fused-ring (bicyclic) bond motifs is 1. The van der Waals surface area contributed by atoms with Gasteiger partial charge in [0.15, 0.2) is 0 Å². The standard InChI is InChI=1S/C30H35BrClN3O5S/c1-3-40-19-12-10-18(11-13-19)33-27(37)22-23-29(39)35(14-5-4-6-15-36)26(30(23)16-20(31)25(22)41-30)28(38)34-24-17(2)8-7-9-21(24)32/h7-13,20,22-23,25-26,36H,3-6,14-16H2,1-2H3,(H,33,37)(H,34,38)/t20?,22-,23+,25-,26?,30?/m1/s1. The van der Waals surface area contributed by atoms with Crippen LogP contribution in [-0.4, -0.2) is 68.4 Å². The molecule has 3 fully saturated rings. The average molecular weight is 665 g/mol. The van der Waals surface area contributed by atoms with E-state index in [1.165, 1.54) is 0 Å². The summed E-state index contributed by atoms with van der Waals surface area (Å²) >= 11 is 11.8. The van der Waals surface area contributed by atoms with Crippen LogP contribution in [0.1, 0.15) is 38.2 Å². The lowest BCUT2D eigenvalue weighted by Gasteiger charge is -2.35. The van der Waals surface area contributed by atoms with Gasteiger partial charge in [0.1, 0.15) is 11.8 Å². The molecule has 0 aromatic heterocycles. The van der Waals surface area contributed by atoms with Crippen molar-refractivity contribution in [1.82, 2.24) is 4.90 Å². The summed E-state index contributed by atoms with van der Waals surface area (Å²) in [7, 11) is 0. The number of para-hydroxylation sites is 1. The Labute approximate surface area is 258 Å². The number of anilines is 2. The summed E-state index contributed by atoms with van der Waals surface area (Å²) in [6.45, 7) is 4.79. The van der Waals surface area contributed by atoms with Crippen molar-refractivity contribution in [3.63, 3.8) is 0 Å². The van der Waals surface area contributed by atoms with Gasteiger partial charge in [0, 0.05) is 28.9 Å². The molecule has 3 saturated heterocycles. The Balaban J connectivity index is 1.45. The van der Waals surface area contributed by atoms with Crippen LogP contribution >= 0.6 is 39.3 Å². The van der Waals surface area contributed by atoms with Gasteiger partial charge in [-0.1, -0.05) is 39.7 Å². The van der Waals surface area contributed by atoms with E-state index in [1.807, 2.05) is 26.0 Å². The maximum Gasteiger partial charge on any atom is 0.248 e. The highest BCUT2D eigenvalue weighted by molar-refractivity contribution is 9.09. The van der Waals surface area contributed by atoms with Crippen molar-refractivity contribution in [2.24, 2.45) is 11.8 Å². The highest BCUT2D eigenvalue weighted by atomic mass is 79.9. The number of nitrogens with one attached hydrogen (secondary N) is 2. The van der Waals surface area contributed by atoms with Crippen molar-refractivity contribution in [3.8, 4) is 5.75 Å². The predicted octanol–water partition coefficient (Wildman–Crippen LogP) is 5.25. The second kappa shape index (κ2) is 12.5. The molecule has 41 heavy (non-hydrogen) atoms. The molecule has 2 aromatic rings. The van der Waals surface area contributed by atoms with E-state index in [1.54, 1.807) is 47.0 Å².